The van der Waals surface area contributed by atoms with E-state index in [1.54, 1.807) is 6.20 Å². The number of benzene rings is 2. The zero-order chi connectivity index (χ0) is 23.1. The SMILES string of the molecule is O=C(NCc1ccc(OCc2ccccn2)cc1)C(c1ccccc1)N1CCS(=O)(=O)CC1. The number of ether oxygens (including phenoxy) is 1. The van der Waals surface area contributed by atoms with E-state index in [1.807, 2.05) is 77.7 Å². The summed E-state index contributed by atoms with van der Waals surface area (Å²) in [5.41, 5.74) is 2.65. The molecule has 1 aliphatic heterocycles. The molecule has 1 N–H and O–H groups in total. The second-order valence-electron chi connectivity index (χ2n) is 7.97. The zero-order valence-electron chi connectivity index (χ0n) is 18.3. The van der Waals surface area contributed by atoms with Gasteiger partial charge >= 0.3 is 0 Å². The highest BCUT2D eigenvalue weighted by molar-refractivity contribution is 7.91. The number of hydrogen-bond acceptors (Lipinski definition) is 6. The predicted octanol–water partition coefficient (Wildman–Crippen LogP) is 2.75. The molecule has 7 nitrogen and oxygen atoms in total. The summed E-state index contributed by atoms with van der Waals surface area (Å²) in [7, 11) is -3.03. The Balaban J connectivity index is 1.37. The number of pyridine rings is 1. The van der Waals surface area contributed by atoms with E-state index in [2.05, 4.69) is 10.3 Å². The van der Waals surface area contributed by atoms with Crippen LogP contribution in [0.2, 0.25) is 0 Å². The third-order valence-corrected chi connectivity index (χ3v) is 7.22. The van der Waals surface area contributed by atoms with Gasteiger partial charge in [-0.05, 0) is 35.4 Å². The molecule has 2 aromatic carbocycles. The van der Waals surface area contributed by atoms with Gasteiger partial charge in [0.2, 0.25) is 5.91 Å². The summed E-state index contributed by atoms with van der Waals surface area (Å²) >= 11 is 0. The van der Waals surface area contributed by atoms with Crippen molar-refractivity contribution in [3.63, 3.8) is 0 Å². The Morgan fingerprint density at radius 1 is 0.970 bits per heavy atom. The summed E-state index contributed by atoms with van der Waals surface area (Å²) in [5, 5.41) is 3.01. The van der Waals surface area contributed by atoms with Crippen LogP contribution in [0.1, 0.15) is 22.9 Å². The summed E-state index contributed by atoms with van der Waals surface area (Å²) in [6.45, 7) is 1.45. The lowest BCUT2D eigenvalue weighted by molar-refractivity contribution is -0.126. The maximum Gasteiger partial charge on any atom is 0.242 e. The molecular formula is C25H27N3O4S. The molecule has 3 aromatic rings. The molecule has 0 aliphatic carbocycles. The van der Waals surface area contributed by atoms with Crippen LogP contribution in [-0.4, -0.2) is 48.8 Å². The molecule has 1 aliphatic rings. The van der Waals surface area contributed by atoms with E-state index in [9.17, 15) is 13.2 Å². The van der Waals surface area contributed by atoms with E-state index in [0.29, 0.717) is 26.2 Å². The zero-order valence-corrected chi connectivity index (χ0v) is 19.1. The van der Waals surface area contributed by atoms with E-state index in [4.69, 9.17) is 4.74 Å². The largest absolute Gasteiger partial charge is 0.487 e. The lowest BCUT2D eigenvalue weighted by atomic mass is 10.0. The van der Waals surface area contributed by atoms with Crippen LogP contribution in [0.5, 0.6) is 5.75 Å². The van der Waals surface area contributed by atoms with Gasteiger partial charge in [0.1, 0.15) is 18.4 Å². The molecule has 1 saturated heterocycles. The minimum atomic E-state index is -3.03. The number of rotatable bonds is 8. The van der Waals surface area contributed by atoms with Crippen molar-refractivity contribution in [1.29, 1.82) is 0 Å². The van der Waals surface area contributed by atoms with Gasteiger partial charge in [0, 0.05) is 25.8 Å². The summed E-state index contributed by atoms with van der Waals surface area (Å²) in [6, 6.07) is 22.2. The van der Waals surface area contributed by atoms with Gasteiger partial charge in [0.15, 0.2) is 9.84 Å². The van der Waals surface area contributed by atoms with Crippen molar-refractivity contribution in [2.24, 2.45) is 0 Å². The summed E-state index contributed by atoms with van der Waals surface area (Å²) < 4.78 is 29.5. The van der Waals surface area contributed by atoms with Crippen LogP contribution in [0.25, 0.3) is 0 Å². The predicted molar refractivity (Wildman–Crippen MR) is 126 cm³/mol. The van der Waals surface area contributed by atoms with Crippen LogP contribution in [0, 0.1) is 0 Å². The Bertz CT molecular complexity index is 1140. The first-order valence-electron chi connectivity index (χ1n) is 10.9. The first-order chi connectivity index (χ1) is 16.0. The van der Waals surface area contributed by atoms with E-state index >= 15 is 0 Å². The molecule has 0 bridgehead atoms. The van der Waals surface area contributed by atoms with Crippen LogP contribution in [0.15, 0.2) is 79.0 Å². The summed E-state index contributed by atoms with van der Waals surface area (Å²) in [6.07, 6.45) is 1.73. The van der Waals surface area contributed by atoms with Gasteiger partial charge in [-0.1, -0.05) is 48.5 Å². The van der Waals surface area contributed by atoms with Crippen LogP contribution in [-0.2, 0) is 27.8 Å². The number of sulfone groups is 1. The highest BCUT2D eigenvalue weighted by atomic mass is 32.2. The van der Waals surface area contributed by atoms with Gasteiger partial charge in [-0.25, -0.2) is 8.42 Å². The smallest absolute Gasteiger partial charge is 0.242 e. The quantitative estimate of drug-likeness (QED) is 0.550. The molecule has 1 aromatic heterocycles. The average Bonchev–Trinajstić information content (AvgIpc) is 2.84. The number of carbonyl (C=O) groups excluding carboxylic acids is 1. The number of hydrogen-bond donors (Lipinski definition) is 1. The Morgan fingerprint density at radius 2 is 1.67 bits per heavy atom. The Morgan fingerprint density at radius 3 is 2.33 bits per heavy atom. The van der Waals surface area contributed by atoms with Crippen molar-refractivity contribution in [1.82, 2.24) is 15.2 Å². The van der Waals surface area contributed by atoms with Crippen LogP contribution in [0.4, 0.5) is 0 Å². The molecular weight excluding hydrogens is 438 g/mol. The van der Waals surface area contributed by atoms with Crippen molar-refractivity contribution in [3.05, 3.63) is 95.8 Å². The fraction of sp³-hybridized carbons (Fsp3) is 0.280. The molecule has 0 radical (unpaired) electrons. The molecule has 33 heavy (non-hydrogen) atoms. The first kappa shape index (κ1) is 22.9. The van der Waals surface area contributed by atoms with Crippen molar-refractivity contribution < 1.29 is 17.9 Å². The van der Waals surface area contributed by atoms with Crippen LogP contribution >= 0.6 is 0 Å². The minimum Gasteiger partial charge on any atom is -0.487 e. The summed E-state index contributed by atoms with van der Waals surface area (Å²) in [4.78, 5) is 19.4. The molecule has 4 rings (SSSR count). The minimum absolute atomic E-state index is 0.0730. The number of aromatic nitrogens is 1. The Hall–Kier alpha value is -3.23. The highest BCUT2D eigenvalue weighted by Gasteiger charge is 2.32. The molecule has 172 valence electrons. The fourth-order valence-electron chi connectivity index (χ4n) is 3.78. The third kappa shape index (κ3) is 6.40. The first-order valence-corrected chi connectivity index (χ1v) is 12.7. The topological polar surface area (TPSA) is 88.6 Å². The Labute approximate surface area is 194 Å². The number of carbonyl (C=O) groups is 1. The molecule has 1 unspecified atom stereocenters. The van der Waals surface area contributed by atoms with Crippen molar-refractivity contribution >= 4 is 15.7 Å². The molecule has 1 atom stereocenters. The van der Waals surface area contributed by atoms with Crippen molar-refractivity contribution in [2.45, 2.75) is 19.2 Å². The van der Waals surface area contributed by atoms with E-state index < -0.39 is 15.9 Å². The Kier molecular flexibility index (Phi) is 7.36. The normalized spacial score (nSPS) is 16.6. The standard InChI is InChI=1S/C25H27N3O4S/c29-25(24(21-6-2-1-3-7-21)28-14-16-33(30,31)17-15-28)27-18-20-9-11-23(12-10-20)32-19-22-8-4-5-13-26-22/h1-13,24H,14-19H2,(H,27,29). The van der Waals surface area contributed by atoms with Gasteiger partial charge < -0.3 is 10.1 Å². The van der Waals surface area contributed by atoms with Gasteiger partial charge in [-0.3, -0.25) is 14.7 Å². The molecule has 0 spiro atoms. The van der Waals surface area contributed by atoms with E-state index in [0.717, 1.165) is 22.6 Å². The van der Waals surface area contributed by atoms with Crippen LogP contribution < -0.4 is 10.1 Å². The van der Waals surface area contributed by atoms with Gasteiger partial charge in [-0.15, -0.1) is 0 Å². The number of nitrogens with one attached hydrogen (secondary N) is 1. The van der Waals surface area contributed by atoms with E-state index in [1.165, 1.54) is 0 Å². The van der Waals surface area contributed by atoms with Crippen molar-refractivity contribution in [3.8, 4) is 5.75 Å². The fourth-order valence-corrected chi connectivity index (χ4v) is 5.01. The molecule has 1 amide bonds. The average molecular weight is 466 g/mol. The lowest BCUT2D eigenvalue weighted by Gasteiger charge is -2.33. The maximum atomic E-state index is 13.2. The molecule has 1 fully saturated rings. The highest BCUT2D eigenvalue weighted by Crippen LogP contribution is 2.23. The van der Waals surface area contributed by atoms with E-state index in [-0.39, 0.29) is 17.4 Å². The lowest BCUT2D eigenvalue weighted by Crippen LogP contribution is -2.47. The molecule has 0 saturated carbocycles. The maximum absolute atomic E-state index is 13.2. The number of amides is 1. The van der Waals surface area contributed by atoms with Gasteiger partial charge in [0.25, 0.3) is 0 Å². The van der Waals surface area contributed by atoms with Crippen LogP contribution in [0.3, 0.4) is 0 Å². The second-order valence-corrected chi connectivity index (χ2v) is 10.3. The van der Waals surface area contributed by atoms with Gasteiger partial charge in [-0.2, -0.15) is 0 Å². The van der Waals surface area contributed by atoms with Crippen molar-refractivity contribution in [2.75, 3.05) is 24.6 Å². The third-order valence-electron chi connectivity index (χ3n) is 5.61. The molecule has 2 heterocycles. The van der Waals surface area contributed by atoms with Gasteiger partial charge in [0.05, 0.1) is 17.2 Å². The monoisotopic (exact) mass is 465 g/mol. The number of nitrogens with zero attached hydrogens (tertiary/aromatic N) is 2. The summed E-state index contributed by atoms with van der Waals surface area (Å²) in [5.74, 6) is 0.732. The molecule has 8 heteroatoms. The second kappa shape index (κ2) is 10.6.